The third kappa shape index (κ3) is 4.75. The standard InChI is InChI=1S/C21H25FN4O4S2/c1-4-26(5-2)32(29,30)17-12-10-16(11-13-17)31(27,28)24-20(21-23-14-15-25(21)3)18-8-6-7-9-19(18)22/h6-15,20,24H,4-5H2,1-3H3. The molecule has 0 bridgehead atoms. The van der Waals surface area contributed by atoms with Crippen LogP contribution in [0.1, 0.15) is 31.3 Å². The molecular weight excluding hydrogens is 455 g/mol. The van der Waals surface area contributed by atoms with E-state index in [0.29, 0.717) is 18.9 Å². The van der Waals surface area contributed by atoms with E-state index in [1.807, 2.05) is 0 Å². The molecule has 172 valence electrons. The molecule has 1 N–H and O–H groups in total. The van der Waals surface area contributed by atoms with Crippen LogP contribution in [0.4, 0.5) is 4.39 Å². The summed E-state index contributed by atoms with van der Waals surface area (Å²) in [6.45, 7) is 4.05. The molecule has 1 atom stereocenters. The van der Waals surface area contributed by atoms with E-state index in [2.05, 4.69) is 9.71 Å². The number of halogens is 1. The summed E-state index contributed by atoms with van der Waals surface area (Å²) >= 11 is 0. The number of aryl methyl sites for hydroxylation is 1. The predicted octanol–water partition coefficient (Wildman–Crippen LogP) is 2.66. The fourth-order valence-electron chi connectivity index (χ4n) is 3.35. The lowest BCUT2D eigenvalue weighted by Crippen LogP contribution is -2.32. The van der Waals surface area contributed by atoms with Gasteiger partial charge in [0.25, 0.3) is 0 Å². The summed E-state index contributed by atoms with van der Waals surface area (Å²) in [6.07, 6.45) is 3.12. The summed E-state index contributed by atoms with van der Waals surface area (Å²) in [5.41, 5.74) is 0.117. The molecule has 8 nitrogen and oxygen atoms in total. The van der Waals surface area contributed by atoms with Crippen molar-refractivity contribution < 1.29 is 21.2 Å². The zero-order valence-electron chi connectivity index (χ0n) is 17.9. The molecule has 0 fully saturated rings. The average molecular weight is 481 g/mol. The smallest absolute Gasteiger partial charge is 0.243 e. The molecule has 32 heavy (non-hydrogen) atoms. The molecule has 0 saturated carbocycles. The minimum Gasteiger partial charge on any atom is -0.336 e. The van der Waals surface area contributed by atoms with Crippen molar-refractivity contribution in [2.75, 3.05) is 13.1 Å². The number of hydrogen-bond donors (Lipinski definition) is 1. The molecule has 0 aliphatic heterocycles. The van der Waals surface area contributed by atoms with Gasteiger partial charge in [0.05, 0.1) is 9.79 Å². The van der Waals surface area contributed by atoms with Crippen molar-refractivity contribution in [2.45, 2.75) is 29.7 Å². The third-order valence-electron chi connectivity index (χ3n) is 5.08. The molecule has 1 heterocycles. The molecule has 0 radical (unpaired) electrons. The molecule has 3 aromatic rings. The Balaban J connectivity index is 1.98. The maximum absolute atomic E-state index is 14.5. The van der Waals surface area contributed by atoms with Crippen molar-refractivity contribution in [1.82, 2.24) is 18.6 Å². The van der Waals surface area contributed by atoms with E-state index in [-0.39, 0.29) is 15.4 Å². The Hall–Kier alpha value is -2.60. The Morgan fingerprint density at radius 2 is 1.59 bits per heavy atom. The fourth-order valence-corrected chi connectivity index (χ4v) is 5.98. The molecule has 1 unspecified atom stereocenters. The Morgan fingerprint density at radius 1 is 1.00 bits per heavy atom. The Bertz CT molecular complexity index is 1290. The number of nitrogens with zero attached hydrogens (tertiary/aromatic N) is 3. The van der Waals surface area contributed by atoms with Crippen molar-refractivity contribution in [2.24, 2.45) is 7.05 Å². The Labute approximate surface area is 187 Å². The van der Waals surface area contributed by atoms with Gasteiger partial charge in [0.1, 0.15) is 17.7 Å². The first-order valence-corrected chi connectivity index (χ1v) is 12.9. The fraction of sp³-hybridized carbons (Fsp3) is 0.286. The summed E-state index contributed by atoms with van der Waals surface area (Å²) < 4.78 is 71.4. The highest BCUT2D eigenvalue weighted by Gasteiger charge is 2.28. The van der Waals surface area contributed by atoms with E-state index < -0.39 is 31.9 Å². The van der Waals surface area contributed by atoms with Gasteiger partial charge in [-0.05, 0) is 30.3 Å². The van der Waals surface area contributed by atoms with Crippen LogP contribution in [-0.4, -0.2) is 43.8 Å². The van der Waals surface area contributed by atoms with Gasteiger partial charge in [-0.15, -0.1) is 0 Å². The zero-order chi connectivity index (χ0) is 23.5. The highest BCUT2D eigenvalue weighted by atomic mass is 32.2. The third-order valence-corrected chi connectivity index (χ3v) is 8.59. The van der Waals surface area contributed by atoms with E-state index in [4.69, 9.17) is 0 Å². The minimum atomic E-state index is -4.14. The van der Waals surface area contributed by atoms with Crippen LogP contribution in [0.5, 0.6) is 0 Å². The van der Waals surface area contributed by atoms with Gasteiger partial charge < -0.3 is 4.57 Å². The number of imidazole rings is 1. The monoisotopic (exact) mass is 480 g/mol. The van der Waals surface area contributed by atoms with Gasteiger partial charge in [-0.1, -0.05) is 32.0 Å². The maximum atomic E-state index is 14.5. The van der Waals surface area contributed by atoms with Crippen molar-refractivity contribution in [1.29, 1.82) is 0 Å². The van der Waals surface area contributed by atoms with E-state index in [1.165, 1.54) is 53.0 Å². The number of benzene rings is 2. The second-order valence-corrected chi connectivity index (χ2v) is 10.7. The first kappa shape index (κ1) is 24.1. The van der Waals surface area contributed by atoms with Crippen LogP contribution in [0.3, 0.4) is 0 Å². The first-order chi connectivity index (χ1) is 15.1. The van der Waals surface area contributed by atoms with Gasteiger partial charge in [0.2, 0.25) is 20.0 Å². The van der Waals surface area contributed by atoms with Crippen molar-refractivity contribution in [3.8, 4) is 0 Å². The summed E-state index contributed by atoms with van der Waals surface area (Å²) in [7, 11) is -6.18. The van der Waals surface area contributed by atoms with Crippen LogP contribution in [-0.2, 0) is 27.1 Å². The van der Waals surface area contributed by atoms with Crippen molar-refractivity contribution in [3.63, 3.8) is 0 Å². The lowest BCUT2D eigenvalue weighted by molar-refractivity contribution is 0.445. The molecule has 2 aromatic carbocycles. The molecule has 0 amide bonds. The van der Waals surface area contributed by atoms with Crippen LogP contribution >= 0.6 is 0 Å². The number of hydrogen-bond acceptors (Lipinski definition) is 5. The van der Waals surface area contributed by atoms with Crippen LogP contribution in [0.2, 0.25) is 0 Å². The SMILES string of the molecule is CCN(CC)S(=O)(=O)c1ccc(S(=O)(=O)NC(c2ccccc2F)c2nccn2C)cc1. The van der Waals surface area contributed by atoms with Crippen LogP contribution in [0.25, 0.3) is 0 Å². The van der Waals surface area contributed by atoms with Crippen LogP contribution in [0.15, 0.2) is 70.7 Å². The van der Waals surface area contributed by atoms with Crippen molar-refractivity contribution >= 4 is 20.0 Å². The van der Waals surface area contributed by atoms with Crippen LogP contribution < -0.4 is 4.72 Å². The lowest BCUT2D eigenvalue weighted by Gasteiger charge is -2.20. The summed E-state index contributed by atoms with van der Waals surface area (Å²) in [5.74, 6) is -0.275. The van der Waals surface area contributed by atoms with Crippen LogP contribution in [0, 0.1) is 5.82 Å². The number of nitrogens with one attached hydrogen (secondary N) is 1. The second kappa shape index (κ2) is 9.49. The van der Waals surface area contributed by atoms with E-state index in [0.717, 1.165) is 0 Å². The topological polar surface area (TPSA) is 101 Å². The summed E-state index contributed by atoms with van der Waals surface area (Å²) in [5, 5.41) is 0. The van der Waals surface area contributed by atoms with E-state index in [1.54, 1.807) is 37.7 Å². The van der Waals surface area contributed by atoms with Gasteiger partial charge in [0.15, 0.2) is 0 Å². The maximum Gasteiger partial charge on any atom is 0.243 e. The second-order valence-electron chi connectivity index (χ2n) is 7.03. The molecule has 11 heteroatoms. The van der Waals surface area contributed by atoms with Gasteiger partial charge in [0, 0.05) is 38.1 Å². The van der Waals surface area contributed by atoms with E-state index >= 15 is 0 Å². The number of aromatic nitrogens is 2. The predicted molar refractivity (Wildman–Crippen MR) is 118 cm³/mol. The largest absolute Gasteiger partial charge is 0.336 e. The first-order valence-electron chi connectivity index (χ1n) is 9.96. The molecule has 0 spiro atoms. The summed E-state index contributed by atoms with van der Waals surface area (Å²) in [6, 6.07) is 9.70. The molecule has 0 aliphatic rings. The normalized spacial score (nSPS) is 13.4. The van der Waals surface area contributed by atoms with Gasteiger partial charge in [-0.3, -0.25) is 0 Å². The molecular formula is C21H25FN4O4S2. The molecule has 3 rings (SSSR count). The molecule has 1 aromatic heterocycles. The van der Waals surface area contributed by atoms with Gasteiger partial charge >= 0.3 is 0 Å². The minimum absolute atomic E-state index is 0.00472. The Morgan fingerprint density at radius 3 is 2.12 bits per heavy atom. The molecule has 0 saturated heterocycles. The number of rotatable bonds is 9. The average Bonchev–Trinajstić information content (AvgIpc) is 3.19. The highest BCUT2D eigenvalue weighted by Crippen LogP contribution is 2.26. The van der Waals surface area contributed by atoms with Crippen molar-refractivity contribution in [3.05, 3.63) is 78.1 Å². The lowest BCUT2D eigenvalue weighted by atomic mass is 10.1. The van der Waals surface area contributed by atoms with Gasteiger partial charge in [-0.2, -0.15) is 9.03 Å². The Kier molecular flexibility index (Phi) is 7.13. The van der Waals surface area contributed by atoms with Gasteiger partial charge in [-0.25, -0.2) is 26.2 Å². The molecule has 0 aliphatic carbocycles. The zero-order valence-corrected chi connectivity index (χ0v) is 19.6. The quantitative estimate of drug-likeness (QED) is 0.507. The number of sulfonamides is 2. The van der Waals surface area contributed by atoms with E-state index in [9.17, 15) is 21.2 Å². The highest BCUT2D eigenvalue weighted by molar-refractivity contribution is 7.89. The summed E-state index contributed by atoms with van der Waals surface area (Å²) in [4.78, 5) is 4.03.